The fourth-order valence-electron chi connectivity index (χ4n) is 4.82. The minimum atomic E-state index is -0.387. The molecule has 0 saturated carbocycles. The third kappa shape index (κ3) is 4.06. The Kier molecular flexibility index (Phi) is 5.54. The lowest BCUT2D eigenvalue weighted by atomic mass is 9.73. The summed E-state index contributed by atoms with van der Waals surface area (Å²) in [5, 5.41) is 0.879. The molecule has 1 atom stereocenters. The standard InChI is InChI=1S/C23H28N2O5/c1-3-16-11-22(28)30-19-12-17(5-6-18(16)19)29-13-21(27)25-10-4-8-23(15-25)9-7-20(26)24(2)14-23/h5-6,11-12H,3-4,7-10,13-15H2,1-2H3. The number of piperidine rings is 2. The maximum Gasteiger partial charge on any atom is 0.336 e. The number of aryl methyl sites for hydroxylation is 1. The Balaban J connectivity index is 1.42. The lowest BCUT2D eigenvalue weighted by Gasteiger charge is -2.47. The molecule has 2 aromatic rings. The number of amides is 2. The van der Waals surface area contributed by atoms with Crippen molar-refractivity contribution < 1.29 is 18.7 Å². The highest BCUT2D eigenvalue weighted by molar-refractivity contribution is 5.82. The van der Waals surface area contributed by atoms with Crippen molar-refractivity contribution in [1.82, 2.24) is 9.80 Å². The van der Waals surface area contributed by atoms with E-state index in [0.29, 0.717) is 37.4 Å². The van der Waals surface area contributed by atoms with Crippen molar-refractivity contribution in [2.24, 2.45) is 5.41 Å². The first-order valence-electron chi connectivity index (χ1n) is 10.6. The zero-order valence-electron chi connectivity index (χ0n) is 17.6. The van der Waals surface area contributed by atoms with Gasteiger partial charge in [-0.3, -0.25) is 9.59 Å². The minimum Gasteiger partial charge on any atom is -0.484 e. The molecule has 2 amide bonds. The van der Waals surface area contributed by atoms with Crippen LogP contribution in [0.15, 0.2) is 33.5 Å². The minimum absolute atomic E-state index is 0.000516. The first-order valence-corrected chi connectivity index (χ1v) is 10.6. The number of hydrogen-bond acceptors (Lipinski definition) is 5. The maximum atomic E-state index is 12.8. The van der Waals surface area contributed by atoms with Crippen LogP contribution in [-0.2, 0) is 16.0 Å². The summed E-state index contributed by atoms with van der Waals surface area (Å²) in [4.78, 5) is 40.1. The van der Waals surface area contributed by atoms with Crippen LogP contribution in [0, 0.1) is 5.41 Å². The third-order valence-electron chi connectivity index (χ3n) is 6.43. The number of nitrogens with zero attached hydrogens (tertiary/aromatic N) is 2. The van der Waals surface area contributed by atoms with Gasteiger partial charge in [0.05, 0.1) is 0 Å². The van der Waals surface area contributed by atoms with Gasteiger partial charge in [0, 0.05) is 56.0 Å². The molecule has 0 N–H and O–H groups in total. The van der Waals surface area contributed by atoms with Crippen molar-refractivity contribution in [3.63, 3.8) is 0 Å². The van der Waals surface area contributed by atoms with E-state index in [2.05, 4.69) is 0 Å². The molecule has 1 aromatic carbocycles. The normalized spacial score (nSPS) is 22.0. The molecular formula is C23H28N2O5. The van der Waals surface area contributed by atoms with Gasteiger partial charge in [-0.1, -0.05) is 6.92 Å². The molecule has 1 unspecified atom stereocenters. The molecule has 2 fully saturated rings. The number of fused-ring (bicyclic) bond motifs is 1. The second-order valence-electron chi connectivity index (χ2n) is 8.56. The molecular weight excluding hydrogens is 384 g/mol. The number of ether oxygens (including phenoxy) is 1. The van der Waals surface area contributed by atoms with Crippen molar-refractivity contribution in [3.05, 3.63) is 40.2 Å². The molecule has 160 valence electrons. The van der Waals surface area contributed by atoms with Gasteiger partial charge in [0.15, 0.2) is 6.61 Å². The Morgan fingerprint density at radius 2 is 2.03 bits per heavy atom. The largest absolute Gasteiger partial charge is 0.484 e. The fraction of sp³-hybridized carbons (Fsp3) is 0.522. The summed E-state index contributed by atoms with van der Waals surface area (Å²) in [5.41, 5.74) is 1.01. The van der Waals surface area contributed by atoms with Crippen LogP contribution in [0.1, 0.15) is 38.2 Å². The molecule has 0 radical (unpaired) electrons. The Labute approximate surface area is 175 Å². The van der Waals surface area contributed by atoms with E-state index in [1.807, 2.05) is 24.9 Å². The van der Waals surface area contributed by atoms with E-state index in [0.717, 1.165) is 36.6 Å². The van der Waals surface area contributed by atoms with Crippen LogP contribution >= 0.6 is 0 Å². The van der Waals surface area contributed by atoms with Crippen molar-refractivity contribution in [2.75, 3.05) is 33.3 Å². The van der Waals surface area contributed by atoms with Gasteiger partial charge in [0.1, 0.15) is 11.3 Å². The zero-order chi connectivity index (χ0) is 21.3. The lowest BCUT2D eigenvalue weighted by Crippen LogP contribution is -2.54. The van der Waals surface area contributed by atoms with Crippen LogP contribution in [0.2, 0.25) is 0 Å². The number of hydrogen-bond donors (Lipinski definition) is 0. The van der Waals surface area contributed by atoms with E-state index < -0.39 is 0 Å². The number of likely N-dealkylation sites (tertiary alicyclic amines) is 2. The molecule has 2 aliphatic rings. The van der Waals surface area contributed by atoms with E-state index in [9.17, 15) is 14.4 Å². The van der Waals surface area contributed by atoms with Gasteiger partial charge >= 0.3 is 5.63 Å². The summed E-state index contributed by atoms with van der Waals surface area (Å²) in [5.74, 6) is 0.626. The molecule has 7 heteroatoms. The highest BCUT2D eigenvalue weighted by Gasteiger charge is 2.41. The molecule has 3 heterocycles. The van der Waals surface area contributed by atoms with Crippen LogP contribution in [-0.4, -0.2) is 54.9 Å². The maximum absolute atomic E-state index is 12.8. The van der Waals surface area contributed by atoms with Gasteiger partial charge in [0.2, 0.25) is 5.91 Å². The second-order valence-corrected chi connectivity index (χ2v) is 8.56. The smallest absolute Gasteiger partial charge is 0.336 e. The Bertz CT molecular complexity index is 1030. The van der Waals surface area contributed by atoms with Gasteiger partial charge in [-0.15, -0.1) is 0 Å². The predicted molar refractivity (Wildman–Crippen MR) is 112 cm³/mol. The molecule has 0 aliphatic carbocycles. The average molecular weight is 412 g/mol. The average Bonchev–Trinajstić information content (AvgIpc) is 2.74. The SMILES string of the molecule is CCc1cc(=O)oc2cc(OCC(=O)N3CCCC4(CCC(=O)N(C)C4)C3)ccc12. The van der Waals surface area contributed by atoms with E-state index in [4.69, 9.17) is 9.15 Å². The van der Waals surface area contributed by atoms with E-state index in [1.165, 1.54) is 6.07 Å². The Morgan fingerprint density at radius 1 is 1.20 bits per heavy atom. The van der Waals surface area contributed by atoms with E-state index >= 15 is 0 Å². The Hall–Kier alpha value is -2.83. The van der Waals surface area contributed by atoms with Crippen LogP contribution in [0.4, 0.5) is 0 Å². The number of carbonyl (C=O) groups excluding carboxylic acids is 2. The summed E-state index contributed by atoms with van der Waals surface area (Å²) < 4.78 is 11.0. The molecule has 0 bridgehead atoms. The van der Waals surface area contributed by atoms with E-state index in [1.54, 1.807) is 17.0 Å². The molecule has 2 saturated heterocycles. The van der Waals surface area contributed by atoms with Crippen molar-refractivity contribution >= 4 is 22.8 Å². The van der Waals surface area contributed by atoms with E-state index in [-0.39, 0.29) is 29.5 Å². The fourth-order valence-corrected chi connectivity index (χ4v) is 4.82. The quantitative estimate of drug-likeness (QED) is 0.721. The molecule has 7 nitrogen and oxygen atoms in total. The highest BCUT2D eigenvalue weighted by Crippen LogP contribution is 2.38. The summed E-state index contributed by atoms with van der Waals surface area (Å²) >= 11 is 0. The Morgan fingerprint density at radius 3 is 2.80 bits per heavy atom. The van der Waals surface area contributed by atoms with Crippen molar-refractivity contribution in [2.45, 2.75) is 39.0 Å². The van der Waals surface area contributed by atoms with Crippen molar-refractivity contribution in [3.8, 4) is 5.75 Å². The van der Waals surface area contributed by atoms with Crippen LogP contribution in [0.5, 0.6) is 5.75 Å². The number of benzene rings is 1. The summed E-state index contributed by atoms with van der Waals surface area (Å²) in [7, 11) is 1.84. The zero-order valence-corrected chi connectivity index (χ0v) is 17.6. The predicted octanol–water partition coefficient (Wildman–Crippen LogP) is 2.60. The summed E-state index contributed by atoms with van der Waals surface area (Å²) in [6.07, 6.45) is 4.10. The molecule has 4 rings (SSSR count). The van der Waals surface area contributed by atoms with Crippen LogP contribution in [0.25, 0.3) is 11.0 Å². The first kappa shape index (κ1) is 20.4. The molecule has 30 heavy (non-hydrogen) atoms. The number of carbonyl (C=O) groups is 2. The molecule has 1 aromatic heterocycles. The number of rotatable bonds is 4. The van der Waals surface area contributed by atoms with Gasteiger partial charge in [-0.25, -0.2) is 4.79 Å². The third-order valence-corrected chi connectivity index (χ3v) is 6.43. The van der Waals surface area contributed by atoms with Gasteiger partial charge < -0.3 is 19.0 Å². The van der Waals surface area contributed by atoms with Crippen molar-refractivity contribution in [1.29, 1.82) is 0 Å². The van der Waals surface area contributed by atoms with Crippen LogP contribution in [0.3, 0.4) is 0 Å². The second kappa shape index (κ2) is 8.13. The molecule has 1 spiro atoms. The van der Waals surface area contributed by atoms with Gasteiger partial charge in [0.25, 0.3) is 5.91 Å². The van der Waals surface area contributed by atoms with Crippen LogP contribution < -0.4 is 10.4 Å². The monoisotopic (exact) mass is 412 g/mol. The van der Waals surface area contributed by atoms with Gasteiger partial charge in [-0.2, -0.15) is 0 Å². The molecule has 2 aliphatic heterocycles. The summed E-state index contributed by atoms with van der Waals surface area (Å²) in [6.45, 7) is 4.02. The topological polar surface area (TPSA) is 80.1 Å². The lowest BCUT2D eigenvalue weighted by molar-refractivity contribution is -0.142. The highest BCUT2D eigenvalue weighted by atomic mass is 16.5. The van der Waals surface area contributed by atoms with Gasteiger partial charge in [-0.05, 0) is 43.4 Å². The first-order chi connectivity index (χ1) is 14.4. The summed E-state index contributed by atoms with van der Waals surface area (Å²) in [6, 6.07) is 6.84.